The molecule has 0 aliphatic heterocycles. The Labute approximate surface area is 103 Å². The number of halogens is 2. The van der Waals surface area contributed by atoms with E-state index >= 15 is 0 Å². The van der Waals surface area contributed by atoms with Crippen LogP contribution in [0.1, 0.15) is 18.5 Å². The third kappa shape index (κ3) is 2.74. The fourth-order valence-corrected chi connectivity index (χ4v) is 1.57. The summed E-state index contributed by atoms with van der Waals surface area (Å²) in [6.07, 6.45) is 4.75. The minimum atomic E-state index is -0.489. The summed E-state index contributed by atoms with van der Waals surface area (Å²) in [7, 11) is 0. The number of pyridine rings is 1. The van der Waals surface area contributed by atoms with Crippen molar-refractivity contribution in [3.8, 4) is 0 Å². The number of hydrogen-bond acceptors (Lipinski definition) is 4. The number of aromatic nitrogens is 2. The Morgan fingerprint density at radius 3 is 2.94 bits per heavy atom. The molecule has 0 radical (unpaired) electrons. The molecule has 4 nitrogen and oxygen atoms in total. The second-order valence-electron chi connectivity index (χ2n) is 3.42. The highest BCUT2D eigenvalue weighted by molar-refractivity contribution is 6.33. The molecule has 0 aliphatic rings. The predicted octanol–water partition coefficient (Wildman–Crippen LogP) is 3.04. The van der Waals surface area contributed by atoms with E-state index < -0.39 is 5.82 Å². The molecule has 0 spiro atoms. The molecule has 0 atom stereocenters. The number of rotatable bonds is 4. The van der Waals surface area contributed by atoms with Gasteiger partial charge in [-0.2, -0.15) is 0 Å². The summed E-state index contributed by atoms with van der Waals surface area (Å²) in [5.74, 6) is 0.166. The van der Waals surface area contributed by atoms with E-state index in [2.05, 4.69) is 15.3 Å². The van der Waals surface area contributed by atoms with Gasteiger partial charge in [0.15, 0.2) is 11.7 Å². The van der Waals surface area contributed by atoms with E-state index in [9.17, 15) is 4.39 Å². The first-order valence-corrected chi connectivity index (χ1v) is 5.54. The van der Waals surface area contributed by atoms with Crippen molar-refractivity contribution in [3.63, 3.8) is 0 Å². The predicted molar refractivity (Wildman–Crippen MR) is 62.4 cm³/mol. The Balaban J connectivity index is 2.07. The van der Waals surface area contributed by atoms with Gasteiger partial charge >= 0.3 is 0 Å². The van der Waals surface area contributed by atoms with E-state index in [-0.39, 0.29) is 10.7 Å². The molecule has 0 aliphatic carbocycles. The summed E-state index contributed by atoms with van der Waals surface area (Å²) in [4.78, 5) is 7.83. The van der Waals surface area contributed by atoms with E-state index in [4.69, 9.17) is 16.0 Å². The Kier molecular flexibility index (Phi) is 3.58. The molecule has 17 heavy (non-hydrogen) atoms. The van der Waals surface area contributed by atoms with E-state index in [0.717, 1.165) is 12.6 Å². The third-order valence-electron chi connectivity index (χ3n) is 2.20. The van der Waals surface area contributed by atoms with Crippen LogP contribution in [-0.4, -0.2) is 9.97 Å². The fourth-order valence-electron chi connectivity index (χ4n) is 1.35. The van der Waals surface area contributed by atoms with E-state index in [0.29, 0.717) is 18.1 Å². The average Bonchev–Trinajstić information content (AvgIpc) is 2.76. The standard InChI is InChI=1S/C11H11ClFN3O/c1-2-10-16-7(6-17-10)3-15-11-8(12)4-14-5-9(11)13/h4-6H,2-3H2,1H3,(H,14,15). The van der Waals surface area contributed by atoms with Crippen LogP contribution in [0.3, 0.4) is 0 Å². The zero-order chi connectivity index (χ0) is 12.3. The largest absolute Gasteiger partial charge is 0.449 e. The Hall–Kier alpha value is -1.62. The number of hydrogen-bond donors (Lipinski definition) is 1. The highest BCUT2D eigenvalue weighted by Crippen LogP contribution is 2.23. The molecule has 0 bridgehead atoms. The maximum absolute atomic E-state index is 13.4. The monoisotopic (exact) mass is 255 g/mol. The summed E-state index contributed by atoms with van der Waals surface area (Å²) in [6, 6.07) is 0. The molecule has 0 amide bonds. The lowest BCUT2D eigenvalue weighted by atomic mass is 10.3. The zero-order valence-corrected chi connectivity index (χ0v) is 9.96. The molecule has 2 aromatic rings. The summed E-state index contributed by atoms with van der Waals surface area (Å²) >= 11 is 5.82. The molecule has 6 heteroatoms. The van der Waals surface area contributed by atoms with Crippen molar-refractivity contribution in [2.75, 3.05) is 5.32 Å². The smallest absolute Gasteiger partial charge is 0.193 e. The normalized spacial score (nSPS) is 10.5. The van der Waals surface area contributed by atoms with Crippen molar-refractivity contribution in [2.24, 2.45) is 0 Å². The highest BCUT2D eigenvalue weighted by atomic mass is 35.5. The SMILES string of the molecule is CCc1nc(CNc2c(F)cncc2Cl)co1. The van der Waals surface area contributed by atoms with Crippen molar-refractivity contribution in [1.82, 2.24) is 9.97 Å². The molecule has 0 aromatic carbocycles. The van der Waals surface area contributed by atoms with Gasteiger partial charge in [0.05, 0.1) is 29.1 Å². The number of oxazole rings is 1. The molecular weight excluding hydrogens is 245 g/mol. The van der Waals surface area contributed by atoms with Gasteiger partial charge in [-0.25, -0.2) is 9.37 Å². The molecule has 2 aromatic heterocycles. The molecule has 90 valence electrons. The van der Waals surface area contributed by atoms with Gasteiger partial charge in [-0.15, -0.1) is 0 Å². The lowest BCUT2D eigenvalue weighted by Crippen LogP contribution is -2.03. The van der Waals surface area contributed by atoms with Crippen LogP contribution in [0.15, 0.2) is 23.1 Å². The summed E-state index contributed by atoms with van der Waals surface area (Å²) < 4.78 is 18.5. The minimum Gasteiger partial charge on any atom is -0.449 e. The maximum atomic E-state index is 13.4. The molecule has 2 rings (SSSR count). The minimum absolute atomic E-state index is 0.225. The molecule has 2 heterocycles. The first-order chi connectivity index (χ1) is 8.20. The average molecular weight is 256 g/mol. The van der Waals surface area contributed by atoms with Crippen molar-refractivity contribution >= 4 is 17.3 Å². The number of aryl methyl sites for hydroxylation is 1. The highest BCUT2D eigenvalue weighted by Gasteiger charge is 2.08. The van der Waals surface area contributed by atoms with E-state index in [1.165, 1.54) is 6.20 Å². The van der Waals surface area contributed by atoms with Gasteiger partial charge < -0.3 is 9.73 Å². The lowest BCUT2D eigenvalue weighted by molar-refractivity contribution is 0.501. The summed E-state index contributed by atoms with van der Waals surface area (Å²) in [5.41, 5.74) is 0.928. The van der Waals surface area contributed by atoms with Crippen LogP contribution in [0.25, 0.3) is 0 Å². The third-order valence-corrected chi connectivity index (χ3v) is 2.49. The van der Waals surface area contributed by atoms with Gasteiger partial charge in [0.2, 0.25) is 0 Å². The first kappa shape index (κ1) is 11.9. The Morgan fingerprint density at radius 1 is 1.47 bits per heavy atom. The summed E-state index contributed by atoms with van der Waals surface area (Å²) in [5, 5.41) is 3.11. The van der Waals surface area contributed by atoms with Gasteiger partial charge in [-0.1, -0.05) is 18.5 Å². The van der Waals surface area contributed by atoms with Crippen LogP contribution in [-0.2, 0) is 13.0 Å². The van der Waals surface area contributed by atoms with Gasteiger partial charge in [0, 0.05) is 12.6 Å². The molecule has 0 saturated carbocycles. The van der Waals surface area contributed by atoms with Crippen LogP contribution in [0, 0.1) is 5.82 Å². The van der Waals surface area contributed by atoms with Gasteiger partial charge in [0.1, 0.15) is 6.26 Å². The molecule has 0 saturated heterocycles. The second kappa shape index (κ2) is 5.14. The second-order valence-corrected chi connectivity index (χ2v) is 3.83. The molecule has 0 unspecified atom stereocenters. The number of nitrogens with zero attached hydrogens (tertiary/aromatic N) is 2. The van der Waals surface area contributed by atoms with Crippen molar-refractivity contribution < 1.29 is 8.81 Å². The van der Waals surface area contributed by atoms with Crippen molar-refractivity contribution in [3.05, 3.63) is 41.1 Å². The first-order valence-electron chi connectivity index (χ1n) is 5.17. The lowest BCUT2D eigenvalue weighted by Gasteiger charge is -2.06. The van der Waals surface area contributed by atoms with Crippen LogP contribution in [0.2, 0.25) is 5.02 Å². The van der Waals surface area contributed by atoms with Crippen LogP contribution in [0.5, 0.6) is 0 Å². The van der Waals surface area contributed by atoms with Crippen LogP contribution in [0.4, 0.5) is 10.1 Å². The number of nitrogens with one attached hydrogen (secondary N) is 1. The van der Waals surface area contributed by atoms with E-state index in [1.54, 1.807) is 6.26 Å². The van der Waals surface area contributed by atoms with Gasteiger partial charge in [-0.05, 0) is 0 Å². The van der Waals surface area contributed by atoms with Gasteiger partial charge in [-0.3, -0.25) is 4.98 Å². The Morgan fingerprint density at radius 2 is 2.29 bits per heavy atom. The zero-order valence-electron chi connectivity index (χ0n) is 9.20. The quantitative estimate of drug-likeness (QED) is 0.912. The topological polar surface area (TPSA) is 51.0 Å². The molecular formula is C11H11ClFN3O. The number of anilines is 1. The van der Waals surface area contributed by atoms with E-state index in [1.807, 2.05) is 6.92 Å². The van der Waals surface area contributed by atoms with Crippen LogP contribution < -0.4 is 5.32 Å². The van der Waals surface area contributed by atoms with Crippen molar-refractivity contribution in [1.29, 1.82) is 0 Å². The Bertz CT molecular complexity index is 495. The summed E-state index contributed by atoms with van der Waals surface area (Å²) in [6.45, 7) is 2.30. The maximum Gasteiger partial charge on any atom is 0.193 e. The molecule has 1 N–H and O–H groups in total. The molecule has 0 fully saturated rings. The van der Waals surface area contributed by atoms with Crippen LogP contribution >= 0.6 is 11.6 Å². The van der Waals surface area contributed by atoms with Gasteiger partial charge in [0.25, 0.3) is 0 Å². The fraction of sp³-hybridized carbons (Fsp3) is 0.273. The van der Waals surface area contributed by atoms with Crippen molar-refractivity contribution in [2.45, 2.75) is 19.9 Å².